The maximum atomic E-state index is 13.1. The van der Waals surface area contributed by atoms with Gasteiger partial charge in [0.25, 0.3) is 5.91 Å². The first-order valence-corrected chi connectivity index (χ1v) is 10.9. The van der Waals surface area contributed by atoms with Crippen LogP contribution in [0.2, 0.25) is 0 Å². The van der Waals surface area contributed by atoms with Crippen LogP contribution in [-0.4, -0.2) is 61.8 Å². The van der Waals surface area contributed by atoms with E-state index in [4.69, 9.17) is 0 Å². The Labute approximate surface area is 168 Å². The Morgan fingerprint density at radius 3 is 2.59 bits per heavy atom. The molecule has 2 saturated heterocycles. The molecular weight excluding hydrogens is 386 g/mol. The molecule has 2 atom stereocenters. The van der Waals surface area contributed by atoms with E-state index in [1.54, 1.807) is 22.5 Å². The predicted molar refractivity (Wildman–Crippen MR) is 109 cm³/mol. The Bertz CT molecular complexity index is 784. The van der Waals surface area contributed by atoms with E-state index in [-0.39, 0.29) is 35.3 Å². The van der Waals surface area contributed by atoms with E-state index >= 15 is 0 Å². The summed E-state index contributed by atoms with van der Waals surface area (Å²) in [6, 6.07) is 5.20. The number of benzene rings is 1. The van der Waals surface area contributed by atoms with Crippen molar-refractivity contribution in [2.75, 3.05) is 26.2 Å². The van der Waals surface area contributed by atoms with Crippen LogP contribution in [0.3, 0.4) is 0 Å². The zero-order valence-corrected chi connectivity index (χ0v) is 17.9. The van der Waals surface area contributed by atoms with Gasteiger partial charge in [-0.05, 0) is 51.3 Å². The van der Waals surface area contributed by atoms with Gasteiger partial charge >= 0.3 is 0 Å². The summed E-state index contributed by atoms with van der Waals surface area (Å²) in [5, 5.41) is 3.32. The summed E-state index contributed by atoms with van der Waals surface area (Å²) in [5.41, 5.74) is 1.30. The molecule has 2 aliphatic heterocycles. The average molecular weight is 416 g/mol. The Morgan fingerprint density at radius 2 is 1.93 bits per heavy atom. The van der Waals surface area contributed by atoms with Crippen molar-refractivity contribution in [2.24, 2.45) is 0 Å². The Kier molecular flexibility index (Phi) is 7.30. The smallest absolute Gasteiger partial charge is 0.254 e. The minimum Gasteiger partial charge on any atom is -0.336 e. The number of carbonyl (C=O) groups is 1. The number of hydrogen-bond acceptors (Lipinski definition) is 4. The van der Waals surface area contributed by atoms with E-state index in [1.807, 2.05) is 25.7 Å². The molecule has 2 unspecified atom stereocenters. The van der Waals surface area contributed by atoms with Gasteiger partial charge in [-0.2, -0.15) is 4.31 Å². The minimum atomic E-state index is -3.58. The van der Waals surface area contributed by atoms with Crippen molar-refractivity contribution >= 4 is 28.3 Å². The highest BCUT2D eigenvalue weighted by atomic mass is 35.5. The van der Waals surface area contributed by atoms with Gasteiger partial charge in [0.1, 0.15) is 0 Å². The third-order valence-corrected chi connectivity index (χ3v) is 7.45. The SMILES string of the molecule is Cc1ccc(S(=O)(=O)N2CCCCC2C)cc1C(=O)N1CCNC(C)C1.Cl. The molecule has 0 aliphatic carbocycles. The highest BCUT2D eigenvalue weighted by Crippen LogP contribution is 2.27. The first-order chi connectivity index (χ1) is 12.3. The van der Waals surface area contributed by atoms with Gasteiger partial charge in [-0.15, -0.1) is 12.4 Å². The second-order valence-corrected chi connectivity index (χ2v) is 9.43. The summed E-state index contributed by atoms with van der Waals surface area (Å²) in [4.78, 5) is 15.0. The average Bonchev–Trinajstić information content (AvgIpc) is 2.61. The molecule has 2 aliphatic rings. The van der Waals surface area contributed by atoms with Crippen molar-refractivity contribution in [2.45, 2.75) is 57.0 Å². The summed E-state index contributed by atoms with van der Waals surface area (Å²) < 4.78 is 27.8. The van der Waals surface area contributed by atoms with Crippen LogP contribution < -0.4 is 5.32 Å². The molecule has 1 amide bonds. The molecule has 27 heavy (non-hydrogen) atoms. The monoisotopic (exact) mass is 415 g/mol. The molecule has 2 fully saturated rings. The van der Waals surface area contributed by atoms with Crippen molar-refractivity contribution in [3.05, 3.63) is 29.3 Å². The number of hydrogen-bond donors (Lipinski definition) is 1. The molecule has 0 radical (unpaired) electrons. The maximum absolute atomic E-state index is 13.1. The van der Waals surface area contributed by atoms with E-state index in [2.05, 4.69) is 5.32 Å². The van der Waals surface area contributed by atoms with Gasteiger partial charge in [-0.25, -0.2) is 8.42 Å². The zero-order valence-electron chi connectivity index (χ0n) is 16.3. The fraction of sp³-hybridized carbons (Fsp3) is 0.632. The first kappa shape index (κ1) is 22.1. The number of rotatable bonds is 3. The van der Waals surface area contributed by atoms with E-state index in [1.165, 1.54) is 0 Å². The van der Waals surface area contributed by atoms with Crippen molar-refractivity contribution < 1.29 is 13.2 Å². The second-order valence-electron chi connectivity index (χ2n) is 7.54. The third kappa shape index (κ3) is 4.65. The number of aryl methyl sites for hydroxylation is 1. The van der Waals surface area contributed by atoms with Crippen LogP contribution in [0, 0.1) is 6.92 Å². The highest BCUT2D eigenvalue weighted by molar-refractivity contribution is 7.89. The summed E-state index contributed by atoms with van der Waals surface area (Å²) in [6.45, 7) is 8.45. The molecule has 1 aromatic carbocycles. The number of nitrogens with zero attached hydrogens (tertiary/aromatic N) is 2. The van der Waals surface area contributed by atoms with Gasteiger partial charge in [-0.3, -0.25) is 4.79 Å². The molecule has 0 spiro atoms. The lowest BCUT2D eigenvalue weighted by atomic mass is 10.1. The number of piperidine rings is 1. The maximum Gasteiger partial charge on any atom is 0.254 e. The summed E-state index contributed by atoms with van der Waals surface area (Å²) in [7, 11) is -3.58. The molecule has 6 nitrogen and oxygen atoms in total. The summed E-state index contributed by atoms with van der Waals surface area (Å²) >= 11 is 0. The van der Waals surface area contributed by atoms with Crippen LogP contribution in [0.4, 0.5) is 0 Å². The molecule has 1 N–H and O–H groups in total. The van der Waals surface area contributed by atoms with Gasteiger partial charge in [0.05, 0.1) is 4.90 Å². The van der Waals surface area contributed by atoms with Crippen LogP contribution in [0.15, 0.2) is 23.1 Å². The van der Waals surface area contributed by atoms with Gasteiger partial charge in [-0.1, -0.05) is 12.5 Å². The molecule has 8 heteroatoms. The quantitative estimate of drug-likeness (QED) is 0.823. The Morgan fingerprint density at radius 1 is 1.19 bits per heavy atom. The molecular formula is C19H30ClN3O3S. The van der Waals surface area contributed by atoms with Crippen molar-refractivity contribution in [3.8, 4) is 0 Å². The fourth-order valence-corrected chi connectivity index (χ4v) is 5.57. The molecule has 2 heterocycles. The number of amides is 1. The van der Waals surface area contributed by atoms with Crippen LogP contribution in [0.5, 0.6) is 0 Å². The third-order valence-electron chi connectivity index (χ3n) is 5.44. The second kappa shape index (κ2) is 8.90. The summed E-state index contributed by atoms with van der Waals surface area (Å²) in [6.07, 6.45) is 2.83. The molecule has 0 saturated carbocycles. The minimum absolute atomic E-state index is 0. The zero-order chi connectivity index (χ0) is 18.9. The number of carbonyl (C=O) groups excluding carboxylic acids is 1. The normalized spacial score (nSPS) is 24.3. The fourth-order valence-electron chi connectivity index (χ4n) is 3.84. The van der Waals surface area contributed by atoms with E-state index < -0.39 is 10.0 Å². The highest BCUT2D eigenvalue weighted by Gasteiger charge is 2.32. The summed E-state index contributed by atoms with van der Waals surface area (Å²) in [5.74, 6) is -0.0837. The number of piperazine rings is 1. The van der Waals surface area contributed by atoms with Crippen LogP contribution in [0.1, 0.15) is 49.0 Å². The predicted octanol–water partition coefficient (Wildman–Crippen LogP) is 2.41. The van der Waals surface area contributed by atoms with Crippen LogP contribution in [0.25, 0.3) is 0 Å². The molecule has 1 aromatic rings. The lowest BCUT2D eigenvalue weighted by Crippen LogP contribution is -2.51. The van der Waals surface area contributed by atoms with Crippen molar-refractivity contribution in [1.82, 2.24) is 14.5 Å². The van der Waals surface area contributed by atoms with Gasteiger partial charge in [0.2, 0.25) is 10.0 Å². The first-order valence-electron chi connectivity index (χ1n) is 9.46. The number of halogens is 1. The standard InChI is InChI=1S/C19H29N3O3S.ClH/c1-14-7-8-17(26(24,25)22-10-5-4-6-16(22)3)12-18(14)19(23)21-11-9-20-15(2)13-21;/h7-8,12,15-16,20H,4-6,9-11,13H2,1-3H3;1H. The lowest BCUT2D eigenvalue weighted by Gasteiger charge is -2.33. The largest absolute Gasteiger partial charge is 0.336 e. The van der Waals surface area contributed by atoms with E-state index in [0.717, 1.165) is 31.4 Å². The number of nitrogens with one attached hydrogen (secondary N) is 1. The van der Waals surface area contributed by atoms with Gasteiger partial charge in [0.15, 0.2) is 0 Å². The van der Waals surface area contributed by atoms with Gasteiger partial charge < -0.3 is 10.2 Å². The Hall–Kier alpha value is -1.15. The lowest BCUT2D eigenvalue weighted by molar-refractivity contribution is 0.0708. The molecule has 152 valence electrons. The van der Waals surface area contributed by atoms with Gasteiger partial charge in [0, 0.05) is 43.8 Å². The molecule has 3 rings (SSSR count). The molecule has 0 bridgehead atoms. The van der Waals surface area contributed by atoms with E-state index in [9.17, 15) is 13.2 Å². The Balaban J connectivity index is 0.00000261. The van der Waals surface area contributed by atoms with E-state index in [0.29, 0.717) is 25.2 Å². The van der Waals surface area contributed by atoms with Crippen molar-refractivity contribution in [1.29, 1.82) is 0 Å². The topological polar surface area (TPSA) is 69.7 Å². The number of sulfonamides is 1. The van der Waals surface area contributed by atoms with Crippen LogP contribution >= 0.6 is 12.4 Å². The molecule has 0 aromatic heterocycles. The van der Waals surface area contributed by atoms with Crippen LogP contribution in [-0.2, 0) is 10.0 Å². The van der Waals surface area contributed by atoms with Crippen molar-refractivity contribution in [3.63, 3.8) is 0 Å².